The molecule has 82 valence electrons. The van der Waals surface area contributed by atoms with Crippen molar-refractivity contribution in [3.8, 4) is 0 Å². The van der Waals surface area contributed by atoms with Crippen LogP contribution in [0.1, 0.15) is 10.6 Å². The molecule has 1 heterocycles. The van der Waals surface area contributed by atoms with Crippen LogP contribution in [0.5, 0.6) is 0 Å². The molecule has 1 aromatic heterocycles. The molecule has 0 aliphatic heterocycles. The van der Waals surface area contributed by atoms with Crippen LogP contribution in [0, 0.1) is 10.1 Å². The smallest absolute Gasteiger partial charge is 0.395 e. The minimum absolute atomic E-state index is 0.0608. The zero-order valence-corrected chi connectivity index (χ0v) is 8.73. The Morgan fingerprint density at radius 2 is 2.33 bits per heavy atom. The predicted molar refractivity (Wildman–Crippen MR) is 53.0 cm³/mol. The summed E-state index contributed by atoms with van der Waals surface area (Å²) < 4.78 is 4.74. The molecule has 0 unspecified atom stereocenters. The van der Waals surface area contributed by atoms with Crippen molar-refractivity contribution in [3.63, 3.8) is 0 Å². The van der Waals surface area contributed by atoms with Gasteiger partial charge in [0, 0.05) is 19.5 Å². The number of amides is 1. The third-order valence-electron chi connectivity index (χ3n) is 1.75. The Morgan fingerprint density at radius 1 is 1.67 bits per heavy atom. The van der Waals surface area contributed by atoms with Crippen molar-refractivity contribution in [2.45, 2.75) is 0 Å². The van der Waals surface area contributed by atoms with Crippen molar-refractivity contribution in [2.75, 3.05) is 19.5 Å². The minimum Gasteiger partial charge on any atom is -0.395 e. The highest BCUT2D eigenvalue weighted by atomic mass is 35.5. The van der Waals surface area contributed by atoms with Gasteiger partial charge < -0.3 is 9.32 Å². The molecule has 15 heavy (non-hydrogen) atoms. The van der Waals surface area contributed by atoms with Gasteiger partial charge in [-0.15, -0.1) is 11.6 Å². The van der Waals surface area contributed by atoms with Gasteiger partial charge in [-0.25, -0.2) is 0 Å². The van der Waals surface area contributed by atoms with Gasteiger partial charge in [0.15, 0.2) is 5.76 Å². The first-order valence-electron chi connectivity index (χ1n) is 4.12. The molecule has 1 amide bonds. The summed E-state index contributed by atoms with van der Waals surface area (Å²) in [6.45, 7) is 0.356. The number of carbonyl (C=O) groups excluding carboxylic acids is 1. The Morgan fingerprint density at radius 3 is 2.80 bits per heavy atom. The van der Waals surface area contributed by atoms with E-state index in [0.717, 1.165) is 6.07 Å². The number of rotatable bonds is 4. The molecule has 1 aromatic rings. The average molecular weight is 233 g/mol. The van der Waals surface area contributed by atoms with E-state index in [1.165, 1.54) is 11.0 Å². The zero-order chi connectivity index (χ0) is 11.4. The summed E-state index contributed by atoms with van der Waals surface area (Å²) in [7, 11) is 1.54. The average Bonchev–Trinajstić information content (AvgIpc) is 2.65. The third kappa shape index (κ3) is 2.69. The Kier molecular flexibility index (Phi) is 3.68. The number of nitrogens with zero attached hydrogens (tertiary/aromatic N) is 2. The molecule has 0 atom stereocenters. The highest BCUT2D eigenvalue weighted by Gasteiger charge is 2.19. The fourth-order valence-electron chi connectivity index (χ4n) is 0.957. The SMILES string of the molecule is CN(CCCl)C(=O)c1ccc([N+](=O)[O-])o1. The van der Waals surface area contributed by atoms with Gasteiger partial charge in [-0.3, -0.25) is 14.9 Å². The number of nitro groups is 1. The van der Waals surface area contributed by atoms with Crippen LogP contribution in [0.25, 0.3) is 0 Å². The van der Waals surface area contributed by atoms with Crippen molar-refractivity contribution in [1.82, 2.24) is 4.90 Å². The molecule has 0 spiro atoms. The van der Waals surface area contributed by atoms with E-state index in [2.05, 4.69) is 0 Å². The Labute approximate surface area is 90.6 Å². The number of hydrogen-bond acceptors (Lipinski definition) is 4. The summed E-state index contributed by atoms with van der Waals surface area (Å²) >= 11 is 5.45. The van der Waals surface area contributed by atoms with Gasteiger partial charge in [0.1, 0.15) is 4.92 Å². The standard InChI is InChI=1S/C8H9ClN2O4/c1-10(5-4-9)8(12)6-2-3-7(15-6)11(13)14/h2-3H,4-5H2,1H3. The molecule has 0 fully saturated rings. The first-order chi connectivity index (χ1) is 7.06. The maximum absolute atomic E-state index is 11.5. The van der Waals surface area contributed by atoms with Crippen molar-refractivity contribution in [2.24, 2.45) is 0 Å². The molecular weight excluding hydrogens is 224 g/mol. The van der Waals surface area contributed by atoms with Crippen LogP contribution in [-0.2, 0) is 0 Å². The summed E-state index contributed by atoms with van der Waals surface area (Å²) in [5.74, 6) is -0.638. The molecule has 0 radical (unpaired) electrons. The summed E-state index contributed by atoms with van der Waals surface area (Å²) in [6.07, 6.45) is 0. The maximum atomic E-state index is 11.5. The van der Waals surface area contributed by atoms with Crippen LogP contribution in [0.2, 0.25) is 0 Å². The summed E-state index contributed by atoms with van der Waals surface area (Å²) in [5, 5.41) is 10.3. The lowest BCUT2D eigenvalue weighted by Crippen LogP contribution is -2.28. The van der Waals surface area contributed by atoms with Gasteiger partial charge >= 0.3 is 5.88 Å². The minimum atomic E-state index is -0.696. The summed E-state index contributed by atoms with van der Waals surface area (Å²) in [4.78, 5) is 22.5. The van der Waals surface area contributed by atoms with Gasteiger partial charge in [0.05, 0.1) is 6.07 Å². The van der Waals surface area contributed by atoms with Crippen LogP contribution in [0.3, 0.4) is 0 Å². The molecule has 0 aromatic carbocycles. The largest absolute Gasteiger partial charge is 0.433 e. The van der Waals surface area contributed by atoms with E-state index >= 15 is 0 Å². The second-order valence-corrected chi connectivity index (χ2v) is 3.19. The van der Waals surface area contributed by atoms with Crippen molar-refractivity contribution < 1.29 is 14.1 Å². The normalized spacial score (nSPS) is 10.0. The summed E-state index contributed by atoms with van der Waals surface area (Å²) in [5.41, 5.74) is 0. The van der Waals surface area contributed by atoms with Gasteiger partial charge in [-0.05, 0) is 6.07 Å². The molecule has 6 nitrogen and oxygen atoms in total. The highest BCUT2D eigenvalue weighted by molar-refractivity contribution is 6.18. The van der Waals surface area contributed by atoms with Gasteiger partial charge in [0.2, 0.25) is 0 Å². The lowest BCUT2D eigenvalue weighted by molar-refractivity contribution is -0.402. The molecule has 0 bridgehead atoms. The Balaban J connectivity index is 2.78. The van der Waals surface area contributed by atoms with E-state index in [1.807, 2.05) is 0 Å². The number of furan rings is 1. The van der Waals surface area contributed by atoms with E-state index < -0.39 is 16.7 Å². The Hall–Kier alpha value is -1.56. The monoisotopic (exact) mass is 232 g/mol. The fourth-order valence-corrected chi connectivity index (χ4v) is 1.21. The van der Waals surface area contributed by atoms with E-state index in [0.29, 0.717) is 12.4 Å². The summed E-state index contributed by atoms with van der Waals surface area (Å²) in [6, 6.07) is 2.41. The van der Waals surface area contributed by atoms with Crippen molar-refractivity contribution in [1.29, 1.82) is 0 Å². The quantitative estimate of drug-likeness (QED) is 0.448. The highest BCUT2D eigenvalue weighted by Crippen LogP contribution is 2.16. The first kappa shape index (κ1) is 11.5. The molecule has 0 saturated carbocycles. The second-order valence-electron chi connectivity index (χ2n) is 2.81. The van der Waals surface area contributed by atoms with Crippen LogP contribution in [-0.4, -0.2) is 35.2 Å². The van der Waals surface area contributed by atoms with Crippen LogP contribution < -0.4 is 0 Å². The number of halogens is 1. The first-order valence-corrected chi connectivity index (χ1v) is 4.65. The molecule has 1 rings (SSSR count). The molecule has 0 aliphatic carbocycles. The van der Waals surface area contributed by atoms with Gasteiger partial charge in [-0.2, -0.15) is 0 Å². The number of hydrogen-bond donors (Lipinski definition) is 0. The number of carbonyl (C=O) groups is 1. The molecular formula is C8H9ClN2O4. The van der Waals surface area contributed by atoms with E-state index in [9.17, 15) is 14.9 Å². The predicted octanol–water partition coefficient (Wildman–Crippen LogP) is 1.50. The van der Waals surface area contributed by atoms with Gasteiger partial charge in [0.25, 0.3) is 5.91 Å². The van der Waals surface area contributed by atoms with E-state index in [1.54, 1.807) is 7.05 Å². The molecule has 0 aliphatic rings. The zero-order valence-electron chi connectivity index (χ0n) is 7.97. The number of alkyl halides is 1. The fraction of sp³-hybridized carbons (Fsp3) is 0.375. The van der Waals surface area contributed by atoms with Crippen molar-refractivity contribution in [3.05, 3.63) is 28.0 Å². The second kappa shape index (κ2) is 4.79. The molecule has 0 N–H and O–H groups in total. The molecule has 7 heteroatoms. The van der Waals surface area contributed by atoms with Gasteiger partial charge in [-0.1, -0.05) is 0 Å². The van der Waals surface area contributed by atoms with Crippen LogP contribution in [0.15, 0.2) is 16.5 Å². The van der Waals surface area contributed by atoms with Crippen LogP contribution >= 0.6 is 11.6 Å². The maximum Gasteiger partial charge on any atom is 0.433 e. The lowest BCUT2D eigenvalue weighted by Gasteiger charge is -2.12. The van der Waals surface area contributed by atoms with E-state index in [-0.39, 0.29) is 5.76 Å². The van der Waals surface area contributed by atoms with Crippen LogP contribution in [0.4, 0.5) is 5.88 Å². The molecule has 0 saturated heterocycles. The van der Waals surface area contributed by atoms with E-state index in [4.69, 9.17) is 16.0 Å². The lowest BCUT2D eigenvalue weighted by atomic mass is 10.4. The third-order valence-corrected chi connectivity index (χ3v) is 1.92. The van der Waals surface area contributed by atoms with Crippen molar-refractivity contribution >= 4 is 23.4 Å². The Bertz CT molecular complexity index is 376. The topological polar surface area (TPSA) is 76.6 Å².